The molecular weight excluding hydrogens is 233 g/mol. The van der Waals surface area contributed by atoms with Crippen molar-refractivity contribution in [3.8, 4) is 0 Å². The summed E-state index contributed by atoms with van der Waals surface area (Å²) in [5, 5.41) is 12.2. The van der Waals surface area contributed by atoms with Gasteiger partial charge in [-0.2, -0.15) is 0 Å². The van der Waals surface area contributed by atoms with Crippen molar-refractivity contribution in [1.29, 1.82) is 0 Å². The highest BCUT2D eigenvalue weighted by Crippen LogP contribution is 2.16. The zero-order valence-electron chi connectivity index (χ0n) is 11.1. The number of carbonyl (C=O) groups excluding carboxylic acids is 1. The van der Waals surface area contributed by atoms with E-state index >= 15 is 0 Å². The number of halogens is 1. The average molecular weight is 253 g/mol. The van der Waals surface area contributed by atoms with Crippen molar-refractivity contribution >= 4 is 5.91 Å². The largest absolute Gasteiger partial charge is 0.394 e. The number of rotatable bonds is 5. The van der Waals surface area contributed by atoms with Crippen LogP contribution >= 0.6 is 0 Å². The lowest BCUT2D eigenvalue weighted by Gasteiger charge is -2.30. The van der Waals surface area contributed by atoms with Crippen LogP contribution in [-0.2, 0) is 0 Å². The van der Waals surface area contributed by atoms with E-state index < -0.39 is 11.4 Å². The van der Waals surface area contributed by atoms with Gasteiger partial charge in [0.1, 0.15) is 5.82 Å². The molecule has 100 valence electrons. The summed E-state index contributed by atoms with van der Waals surface area (Å²) in [7, 11) is 0. The van der Waals surface area contributed by atoms with E-state index in [1.54, 1.807) is 13.0 Å². The summed E-state index contributed by atoms with van der Waals surface area (Å²) in [6.45, 7) is 5.41. The molecule has 0 atom stereocenters. The Labute approximate surface area is 107 Å². The normalized spacial score (nSPS) is 11.4. The van der Waals surface area contributed by atoms with Gasteiger partial charge < -0.3 is 10.4 Å². The minimum absolute atomic E-state index is 0.125. The van der Waals surface area contributed by atoms with Crippen LogP contribution in [0.1, 0.15) is 42.6 Å². The molecule has 0 aliphatic carbocycles. The Morgan fingerprint density at radius 2 is 1.94 bits per heavy atom. The molecule has 1 aromatic rings. The van der Waals surface area contributed by atoms with Crippen molar-refractivity contribution in [3.05, 3.63) is 35.1 Å². The van der Waals surface area contributed by atoms with E-state index in [1.165, 1.54) is 12.1 Å². The quantitative estimate of drug-likeness (QED) is 0.846. The number of carbonyl (C=O) groups is 1. The van der Waals surface area contributed by atoms with E-state index in [4.69, 9.17) is 0 Å². The molecule has 0 spiro atoms. The number of aliphatic hydroxyl groups excluding tert-OH is 1. The van der Waals surface area contributed by atoms with Crippen LogP contribution in [0, 0.1) is 12.7 Å². The van der Waals surface area contributed by atoms with Gasteiger partial charge in [0.05, 0.1) is 12.1 Å². The molecule has 0 fully saturated rings. The van der Waals surface area contributed by atoms with Crippen LogP contribution in [0.4, 0.5) is 4.39 Å². The van der Waals surface area contributed by atoms with Gasteiger partial charge in [-0.1, -0.05) is 13.8 Å². The van der Waals surface area contributed by atoms with E-state index in [9.17, 15) is 14.3 Å². The minimum Gasteiger partial charge on any atom is -0.394 e. The van der Waals surface area contributed by atoms with Gasteiger partial charge >= 0.3 is 0 Å². The first-order chi connectivity index (χ1) is 8.46. The lowest BCUT2D eigenvalue weighted by Crippen LogP contribution is -2.50. The Kier molecular flexibility index (Phi) is 4.84. The molecule has 0 bridgehead atoms. The molecule has 0 saturated carbocycles. The second-order valence-corrected chi connectivity index (χ2v) is 4.62. The van der Waals surface area contributed by atoms with Gasteiger partial charge in [0, 0.05) is 5.56 Å². The number of nitrogens with one attached hydrogen (secondary N) is 1. The lowest BCUT2D eigenvalue weighted by molar-refractivity contribution is 0.0817. The van der Waals surface area contributed by atoms with Crippen molar-refractivity contribution in [2.24, 2.45) is 0 Å². The van der Waals surface area contributed by atoms with Gasteiger partial charge in [-0.3, -0.25) is 4.79 Å². The first kappa shape index (κ1) is 14.6. The zero-order chi connectivity index (χ0) is 13.8. The molecule has 1 rings (SSSR count). The molecule has 0 unspecified atom stereocenters. The smallest absolute Gasteiger partial charge is 0.251 e. The fourth-order valence-corrected chi connectivity index (χ4v) is 1.87. The Balaban J connectivity index is 2.94. The molecule has 0 aromatic heterocycles. The SMILES string of the molecule is CCC(CC)(CO)NC(=O)c1cc(C)cc(F)c1. The van der Waals surface area contributed by atoms with Crippen LogP contribution in [0.3, 0.4) is 0 Å². The molecule has 1 amide bonds. The maximum atomic E-state index is 13.2. The topological polar surface area (TPSA) is 49.3 Å². The number of aliphatic hydroxyl groups is 1. The third kappa shape index (κ3) is 3.29. The summed E-state index contributed by atoms with van der Waals surface area (Å²) in [4.78, 5) is 12.1. The Morgan fingerprint density at radius 3 is 2.39 bits per heavy atom. The van der Waals surface area contributed by atoms with Crippen LogP contribution in [-0.4, -0.2) is 23.2 Å². The van der Waals surface area contributed by atoms with Crippen LogP contribution in [0.15, 0.2) is 18.2 Å². The second-order valence-electron chi connectivity index (χ2n) is 4.62. The third-order valence-corrected chi connectivity index (χ3v) is 3.34. The Bertz CT molecular complexity index is 399. The van der Waals surface area contributed by atoms with Gasteiger partial charge in [0.2, 0.25) is 0 Å². The summed E-state index contributed by atoms with van der Waals surface area (Å²) in [5.41, 5.74) is 0.354. The number of benzene rings is 1. The first-order valence-electron chi connectivity index (χ1n) is 6.17. The number of amides is 1. The molecule has 0 radical (unpaired) electrons. The second kappa shape index (κ2) is 5.96. The molecule has 4 heteroatoms. The van der Waals surface area contributed by atoms with Crippen LogP contribution in [0.2, 0.25) is 0 Å². The third-order valence-electron chi connectivity index (χ3n) is 3.34. The zero-order valence-corrected chi connectivity index (χ0v) is 11.1. The molecule has 0 aliphatic heterocycles. The highest BCUT2D eigenvalue weighted by Gasteiger charge is 2.27. The molecule has 0 aliphatic rings. The molecule has 3 nitrogen and oxygen atoms in total. The van der Waals surface area contributed by atoms with Crippen molar-refractivity contribution < 1.29 is 14.3 Å². The molecule has 18 heavy (non-hydrogen) atoms. The van der Waals surface area contributed by atoms with Gasteiger partial charge in [-0.05, 0) is 43.5 Å². The molecule has 0 heterocycles. The highest BCUT2D eigenvalue weighted by atomic mass is 19.1. The number of hydrogen-bond donors (Lipinski definition) is 2. The van der Waals surface area contributed by atoms with Crippen molar-refractivity contribution in [2.45, 2.75) is 39.2 Å². The summed E-state index contributed by atoms with van der Waals surface area (Å²) >= 11 is 0. The van der Waals surface area contributed by atoms with Gasteiger partial charge in [-0.25, -0.2) is 4.39 Å². The summed E-state index contributed by atoms with van der Waals surface area (Å²) in [6, 6.07) is 4.21. The van der Waals surface area contributed by atoms with Gasteiger partial charge in [-0.15, -0.1) is 0 Å². The predicted octanol–water partition coefficient (Wildman–Crippen LogP) is 2.42. The van der Waals surface area contributed by atoms with Crippen molar-refractivity contribution in [1.82, 2.24) is 5.32 Å². The standard InChI is InChI=1S/C14H20FNO2/c1-4-14(5-2,9-17)16-13(18)11-6-10(3)7-12(15)8-11/h6-8,17H,4-5,9H2,1-3H3,(H,16,18). The van der Waals surface area contributed by atoms with E-state index in [0.717, 1.165) is 0 Å². The number of hydrogen-bond acceptors (Lipinski definition) is 2. The van der Waals surface area contributed by atoms with Gasteiger partial charge in [0.25, 0.3) is 5.91 Å². The van der Waals surface area contributed by atoms with Crippen LogP contribution in [0.5, 0.6) is 0 Å². The van der Waals surface area contributed by atoms with Crippen LogP contribution in [0.25, 0.3) is 0 Å². The Hall–Kier alpha value is -1.42. The molecular formula is C14H20FNO2. The summed E-state index contributed by atoms with van der Waals surface area (Å²) in [6.07, 6.45) is 1.25. The Morgan fingerprint density at radius 1 is 1.33 bits per heavy atom. The van der Waals surface area contributed by atoms with Crippen LogP contribution < -0.4 is 5.32 Å². The van der Waals surface area contributed by atoms with Crippen molar-refractivity contribution in [3.63, 3.8) is 0 Å². The van der Waals surface area contributed by atoms with Gasteiger partial charge in [0.15, 0.2) is 0 Å². The van der Waals surface area contributed by atoms with E-state index in [-0.39, 0.29) is 18.1 Å². The van der Waals surface area contributed by atoms with Crippen molar-refractivity contribution in [2.75, 3.05) is 6.61 Å². The predicted molar refractivity (Wildman–Crippen MR) is 69.0 cm³/mol. The van der Waals surface area contributed by atoms with E-state index in [1.807, 2.05) is 13.8 Å². The highest BCUT2D eigenvalue weighted by molar-refractivity contribution is 5.94. The minimum atomic E-state index is -0.628. The fourth-order valence-electron chi connectivity index (χ4n) is 1.87. The maximum Gasteiger partial charge on any atom is 0.251 e. The average Bonchev–Trinajstić information content (AvgIpc) is 2.35. The lowest BCUT2D eigenvalue weighted by atomic mass is 9.93. The maximum absolute atomic E-state index is 13.2. The summed E-state index contributed by atoms with van der Waals surface area (Å²) < 4.78 is 13.2. The van der Waals surface area contributed by atoms with E-state index in [2.05, 4.69) is 5.32 Å². The summed E-state index contributed by atoms with van der Waals surface area (Å²) in [5.74, 6) is -0.780. The fraction of sp³-hybridized carbons (Fsp3) is 0.500. The van der Waals surface area contributed by atoms with E-state index in [0.29, 0.717) is 18.4 Å². The monoisotopic (exact) mass is 253 g/mol. The first-order valence-corrected chi connectivity index (χ1v) is 6.17. The molecule has 1 aromatic carbocycles. The number of aryl methyl sites for hydroxylation is 1. The molecule has 2 N–H and O–H groups in total. The molecule has 0 saturated heterocycles.